The smallest absolute Gasteiger partial charge is 0.357 e. The lowest BCUT2D eigenvalue weighted by atomic mass is 10.1. The quantitative estimate of drug-likeness (QED) is 0.864. The van der Waals surface area contributed by atoms with Crippen LogP contribution in [0.3, 0.4) is 0 Å². The molecule has 6 heteroatoms. The number of carbonyl (C=O) groups is 1. The van der Waals surface area contributed by atoms with Gasteiger partial charge in [-0.3, -0.25) is 0 Å². The van der Waals surface area contributed by atoms with Gasteiger partial charge in [-0.2, -0.15) is 0 Å². The van der Waals surface area contributed by atoms with Gasteiger partial charge in [0.25, 0.3) is 0 Å². The number of hydrogen-bond donors (Lipinski definition) is 2. The van der Waals surface area contributed by atoms with Gasteiger partial charge in [-0.1, -0.05) is 11.3 Å². The maximum atomic E-state index is 10.9. The molecular weight excluding hydrogens is 252 g/mol. The normalized spacial score (nSPS) is 13.1. The lowest BCUT2D eigenvalue weighted by molar-refractivity contribution is 0.0692. The molecule has 3 N–H and O–H groups in total. The first kappa shape index (κ1) is 11.0. The Morgan fingerprint density at radius 3 is 3.06 bits per heavy atom. The fourth-order valence-electron chi connectivity index (χ4n) is 1.93. The average Bonchev–Trinajstić information content (AvgIpc) is 2.93. The molecule has 1 aromatic carbocycles. The number of nitrogen functional groups attached to an aromatic ring is 1. The van der Waals surface area contributed by atoms with Crippen molar-refractivity contribution in [1.82, 2.24) is 4.98 Å². The average molecular weight is 262 g/mol. The van der Waals surface area contributed by atoms with Crippen LogP contribution >= 0.6 is 11.3 Å². The van der Waals surface area contributed by atoms with Gasteiger partial charge in [0.2, 0.25) is 0 Å². The zero-order valence-corrected chi connectivity index (χ0v) is 10.2. The number of nitrogens with two attached hydrogens (primary N) is 1. The number of ether oxygens (including phenoxy) is 1. The Hall–Kier alpha value is -2.08. The Balaban J connectivity index is 2.05. The van der Waals surface area contributed by atoms with Crippen molar-refractivity contribution in [3.05, 3.63) is 29.5 Å². The van der Waals surface area contributed by atoms with E-state index in [0.717, 1.165) is 23.3 Å². The Labute approximate surface area is 107 Å². The Morgan fingerprint density at radius 1 is 1.50 bits per heavy atom. The predicted molar refractivity (Wildman–Crippen MR) is 68.1 cm³/mol. The van der Waals surface area contributed by atoms with Gasteiger partial charge in [-0.15, -0.1) is 0 Å². The number of carboxylic acid groups (broad SMARTS) is 1. The Kier molecular flexibility index (Phi) is 2.45. The van der Waals surface area contributed by atoms with Crippen molar-refractivity contribution in [2.75, 3.05) is 12.3 Å². The van der Waals surface area contributed by atoms with Crippen molar-refractivity contribution in [1.29, 1.82) is 0 Å². The van der Waals surface area contributed by atoms with E-state index in [1.165, 1.54) is 11.3 Å². The lowest BCUT2D eigenvalue weighted by Crippen LogP contribution is -2.00. The minimum absolute atomic E-state index is 0.0771. The van der Waals surface area contributed by atoms with Crippen molar-refractivity contribution in [2.24, 2.45) is 0 Å². The molecular formula is C12H10N2O3S. The topological polar surface area (TPSA) is 85.4 Å². The first-order chi connectivity index (χ1) is 8.65. The van der Waals surface area contributed by atoms with Gasteiger partial charge >= 0.3 is 5.97 Å². The minimum atomic E-state index is -1.10. The van der Waals surface area contributed by atoms with E-state index in [2.05, 4.69) is 4.98 Å². The van der Waals surface area contributed by atoms with Crippen molar-refractivity contribution in [3.8, 4) is 16.3 Å². The molecule has 5 nitrogen and oxygen atoms in total. The van der Waals surface area contributed by atoms with Crippen LogP contribution in [0.5, 0.6) is 5.75 Å². The molecule has 0 bridgehead atoms. The summed E-state index contributed by atoms with van der Waals surface area (Å²) < 4.78 is 5.42. The first-order valence-corrected chi connectivity index (χ1v) is 6.22. The summed E-state index contributed by atoms with van der Waals surface area (Å²) in [4.78, 5) is 15.0. The number of fused-ring (bicyclic) bond motifs is 1. The highest BCUT2D eigenvalue weighted by atomic mass is 32.1. The largest absolute Gasteiger partial charge is 0.493 e. The van der Waals surface area contributed by atoms with E-state index in [1.54, 1.807) is 0 Å². The van der Waals surface area contributed by atoms with Gasteiger partial charge in [0.1, 0.15) is 15.8 Å². The van der Waals surface area contributed by atoms with Crippen LogP contribution in [0.25, 0.3) is 10.6 Å². The molecule has 0 atom stereocenters. The van der Waals surface area contributed by atoms with E-state index >= 15 is 0 Å². The van der Waals surface area contributed by atoms with Gasteiger partial charge in [-0.25, -0.2) is 9.78 Å². The molecule has 92 valence electrons. The van der Waals surface area contributed by atoms with Crippen LogP contribution in [0.2, 0.25) is 0 Å². The molecule has 0 amide bonds. The van der Waals surface area contributed by atoms with Crippen LogP contribution in [-0.2, 0) is 6.42 Å². The zero-order chi connectivity index (χ0) is 12.7. The highest BCUT2D eigenvalue weighted by Crippen LogP contribution is 2.34. The molecule has 2 aromatic rings. The number of carboxylic acids is 1. The Morgan fingerprint density at radius 2 is 2.33 bits per heavy atom. The number of anilines is 1. The van der Waals surface area contributed by atoms with Gasteiger partial charge in [0.05, 0.1) is 6.61 Å². The molecule has 0 unspecified atom stereocenters. The van der Waals surface area contributed by atoms with Crippen LogP contribution in [0.4, 0.5) is 5.00 Å². The van der Waals surface area contributed by atoms with Crippen LogP contribution in [0.15, 0.2) is 18.2 Å². The Bertz CT molecular complexity index is 636. The molecule has 0 saturated carbocycles. The standard InChI is InChI=1S/C12H10N2O3S/c13-10-9(12(15)16)14-11(18-10)7-1-2-8-6(5-7)3-4-17-8/h1-2,5H,3-4,13H2,(H,15,16). The number of nitrogens with zero attached hydrogens (tertiary/aromatic N) is 1. The number of benzene rings is 1. The molecule has 18 heavy (non-hydrogen) atoms. The molecule has 2 heterocycles. The summed E-state index contributed by atoms with van der Waals surface area (Å²) in [6, 6.07) is 5.73. The summed E-state index contributed by atoms with van der Waals surface area (Å²) in [6.45, 7) is 0.694. The number of rotatable bonds is 2. The minimum Gasteiger partial charge on any atom is -0.493 e. The number of thiazole rings is 1. The number of hydrogen-bond acceptors (Lipinski definition) is 5. The van der Waals surface area contributed by atoms with E-state index in [0.29, 0.717) is 11.6 Å². The third-order valence-corrected chi connectivity index (χ3v) is 3.73. The van der Waals surface area contributed by atoms with Crippen LogP contribution in [0.1, 0.15) is 16.1 Å². The van der Waals surface area contributed by atoms with Gasteiger partial charge in [0, 0.05) is 12.0 Å². The van der Waals surface area contributed by atoms with Gasteiger partial charge in [-0.05, 0) is 23.8 Å². The number of aromatic carboxylic acids is 1. The zero-order valence-electron chi connectivity index (χ0n) is 9.34. The second kappa shape index (κ2) is 3.99. The number of aromatic nitrogens is 1. The molecule has 1 aliphatic rings. The second-order valence-electron chi connectivity index (χ2n) is 3.96. The SMILES string of the molecule is Nc1sc(-c2ccc3c(c2)CCO3)nc1C(=O)O. The fourth-order valence-corrected chi connectivity index (χ4v) is 2.75. The first-order valence-electron chi connectivity index (χ1n) is 5.41. The molecule has 0 saturated heterocycles. The molecule has 0 spiro atoms. The van der Waals surface area contributed by atoms with Crippen molar-refractivity contribution < 1.29 is 14.6 Å². The summed E-state index contributed by atoms with van der Waals surface area (Å²) >= 11 is 1.19. The van der Waals surface area contributed by atoms with Crippen LogP contribution in [0, 0.1) is 0 Å². The highest BCUT2D eigenvalue weighted by molar-refractivity contribution is 7.19. The van der Waals surface area contributed by atoms with Crippen molar-refractivity contribution in [2.45, 2.75) is 6.42 Å². The van der Waals surface area contributed by atoms with Gasteiger partial charge < -0.3 is 15.6 Å². The molecule has 0 fully saturated rings. The summed E-state index contributed by atoms with van der Waals surface area (Å²) in [5.41, 5.74) is 7.57. The molecule has 0 aliphatic carbocycles. The van der Waals surface area contributed by atoms with Gasteiger partial charge in [0.15, 0.2) is 5.69 Å². The molecule has 3 rings (SSSR count). The van der Waals surface area contributed by atoms with E-state index in [4.69, 9.17) is 15.6 Å². The van der Waals surface area contributed by atoms with Crippen LogP contribution in [-0.4, -0.2) is 22.7 Å². The summed E-state index contributed by atoms with van der Waals surface area (Å²) in [7, 11) is 0. The summed E-state index contributed by atoms with van der Waals surface area (Å²) in [5.74, 6) is -0.207. The van der Waals surface area contributed by atoms with E-state index < -0.39 is 5.97 Å². The highest BCUT2D eigenvalue weighted by Gasteiger charge is 2.18. The van der Waals surface area contributed by atoms with E-state index in [-0.39, 0.29) is 10.7 Å². The van der Waals surface area contributed by atoms with Crippen LogP contribution < -0.4 is 10.5 Å². The maximum Gasteiger partial charge on any atom is 0.357 e. The third kappa shape index (κ3) is 1.70. The second-order valence-corrected chi connectivity index (χ2v) is 4.99. The summed E-state index contributed by atoms with van der Waals surface area (Å²) in [5, 5.41) is 9.78. The molecule has 0 radical (unpaired) electrons. The van der Waals surface area contributed by atoms with Crippen molar-refractivity contribution in [3.63, 3.8) is 0 Å². The maximum absolute atomic E-state index is 10.9. The third-order valence-electron chi connectivity index (χ3n) is 2.79. The van der Waals surface area contributed by atoms with E-state index in [9.17, 15) is 4.79 Å². The lowest BCUT2D eigenvalue weighted by Gasteiger charge is -2.00. The summed E-state index contributed by atoms with van der Waals surface area (Å²) in [6.07, 6.45) is 0.871. The fraction of sp³-hybridized carbons (Fsp3) is 0.167. The molecule has 1 aliphatic heterocycles. The molecule has 1 aromatic heterocycles. The van der Waals surface area contributed by atoms with E-state index in [1.807, 2.05) is 18.2 Å². The monoisotopic (exact) mass is 262 g/mol. The van der Waals surface area contributed by atoms with Crippen molar-refractivity contribution >= 4 is 22.3 Å². The predicted octanol–water partition coefficient (Wildman–Crippen LogP) is 2.03.